The third kappa shape index (κ3) is 3.45. The number of amides is 1. The van der Waals surface area contributed by atoms with Gasteiger partial charge in [0, 0.05) is 16.6 Å². The molecule has 0 unspecified atom stereocenters. The molecular formula is C14H17BrN4O. The van der Waals surface area contributed by atoms with E-state index >= 15 is 0 Å². The minimum atomic E-state index is -0.0901. The number of hydrogen-bond donors (Lipinski definition) is 1. The topological polar surface area (TPSA) is 59.8 Å². The van der Waals surface area contributed by atoms with E-state index in [1.807, 2.05) is 37.6 Å². The number of halogens is 1. The van der Waals surface area contributed by atoms with Crippen molar-refractivity contribution in [2.75, 3.05) is 6.54 Å². The van der Waals surface area contributed by atoms with Gasteiger partial charge in [0.15, 0.2) is 0 Å². The number of carbonyl (C=O) groups is 1. The van der Waals surface area contributed by atoms with E-state index in [-0.39, 0.29) is 11.9 Å². The average Bonchev–Trinajstić information content (AvgIpc) is 2.74. The predicted molar refractivity (Wildman–Crippen MR) is 80.7 cm³/mol. The maximum atomic E-state index is 12.0. The van der Waals surface area contributed by atoms with Gasteiger partial charge < -0.3 is 5.32 Å². The highest BCUT2D eigenvalue weighted by Gasteiger charge is 2.12. The van der Waals surface area contributed by atoms with Crippen molar-refractivity contribution < 1.29 is 4.79 Å². The summed E-state index contributed by atoms with van der Waals surface area (Å²) >= 11 is 3.36. The molecule has 1 aromatic carbocycles. The highest BCUT2D eigenvalue weighted by molar-refractivity contribution is 9.10. The van der Waals surface area contributed by atoms with Gasteiger partial charge in [0.05, 0.1) is 6.04 Å². The first-order valence-corrected chi connectivity index (χ1v) is 7.20. The molecule has 1 aromatic heterocycles. The number of aromatic nitrogens is 3. The number of nitrogens with zero attached hydrogens (tertiary/aromatic N) is 3. The molecule has 0 aliphatic carbocycles. The van der Waals surface area contributed by atoms with Crippen LogP contribution in [0.25, 0.3) is 0 Å². The molecule has 2 rings (SSSR count). The molecule has 0 saturated carbocycles. The summed E-state index contributed by atoms with van der Waals surface area (Å²) in [5.41, 5.74) is 0.637. The fourth-order valence-corrected chi connectivity index (χ4v) is 2.41. The Morgan fingerprint density at radius 1 is 1.45 bits per heavy atom. The molecule has 1 amide bonds. The lowest BCUT2D eigenvalue weighted by Gasteiger charge is -2.14. The molecule has 1 atom stereocenters. The van der Waals surface area contributed by atoms with E-state index in [0.29, 0.717) is 12.1 Å². The predicted octanol–water partition coefficient (Wildman–Crippen LogP) is 2.65. The Kier molecular flexibility index (Phi) is 4.54. The summed E-state index contributed by atoms with van der Waals surface area (Å²) in [7, 11) is 0. The number of benzene rings is 1. The summed E-state index contributed by atoms with van der Waals surface area (Å²) in [5.74, 6) is 1.51. The highest BCUT2D eigenvalue weighted by Crippen LogP contribution is 2.12. The molecule has 5 nitrogen and oxygen atoms in total. The lowest BCUT2D eigenvalue weighted by Crippen LogP contribution is -2.30. The van der Waals surface area contributed by atoms with Crippen molar-refractivity contribution in [2.24, 2.45) is 0 Å². The third-order valence-corrected chi connectivity index (χ3v) is 3.46. The minimum Gasteiger partial charge on any atom is -0.350 e. The zero-order chi connectivity index (χ0) is 14.7. The first-order valence-electron chi connectivity index (χ1n) is 6.41. The summed E-state index contributed by atoms with van der Waals surface area (Å²) in [6.07, 6.45) is 0. The quantitative estimate of drug-likeness (QED) is 0.933. The zero-order valence-electron chi connectivity index (χ0n) is 11.7. The van der Waals surface area contributed by atoms with Crippen LogP contribution in [-0.2, 0) is 0 Å². The molecule has 20 heavy (non-hydrogen) atoms. The van der Waals surface area contributed by atoms with Gasteiger partial charge in [0.2, 0.25) is 0 Å². The Morgan fingerprint density at radius 2 is 2.20 bits per heavy atom. The van der Waals surface area contributed by atoms with E-state index in [1.165, 1.54) is 0 Å². The molecule has 106 valence electrons. The summed E-state index contributed by atoms with van der Waals surface area (Å²) in [4.78, 5) is 16.3. The van der Waals surface area contributed by atoms with Crippen molar-refractivity contribution in [1.29, 1.82) is 0 Å². The van der Waals surface area contributed by atoms with Gasteiger partial charge in [-0.05, 0) is 39.0 Å². The molecule has 0 fully saturated rings. The molecule has 6 heteroatoms. The summed E-state index contributed by atoms with van der Waals surface area (Å²) in [6.45, 7) is 6.28. The van der Waals surface area contributed by atoms with Gasteiger partial charge in [-0.15, -0.1) is 0 Å². The Hall–Kier alpha value is -1.69. The molecule has 0 radical (unpaired) electrons. The van der Waals surface area contributed by atoms with Crippen LogP contribution in [0.4, 0.5) is 0 Å². The van der Waals surface area contributed by atoms with E-state index < -0.39 is 0 Å². The second-order valence-electron chi connectivity index (χ2n) is 4.72. The Labute approximate surface area is 126 Å². The van der Waals surface area contributed by atoms with Crippen LogP contribution in [0, 0.1) is 13.8 Å². The van der Waals surface area contributed by atoms with E-state index in [0.717, 1.165) is 16.1 Å². The average molecular weight is 337 g/mol. The SMILES string of the molecule is Cc1nc(C)n([C@H](C)CNC(=O)c2cccc(Br)c2)n1. The van der Waals surface area contributed by atoms with Crippen molar-refractivity contribution in [1.82, 2.24) is 20.1 Å². The van der Waals surface area contributed by atoms with Crippen molar-refractivity contribution in [3.8, 4) is 0 Å². The van der Waals surface area contributed by atoms with Crippen molar-refractivity contribution in [3.63, 3.8) is 0 Å². The lowest BCUT2D eigenvalue weighted by molar-refractivity contribution is 0.0947. The fraction of sp³-hybridized carbons (Fsp3) is 0.357. The molecule has 1 N–H and O–H groups in total. The van der Waals surface area contributed by atoms with Crippen molar-refractivity contribution in [3.05, 3.63) is 46.0 Å². The first-order chi connectivity index (χ1) is 9.47. The maximum absolute atomic E-state index is 12.0. The van der Waals surface area contributed by atoms with E-state index in [9.17, 15) is 4.79 Å². The van der Waals surface area contributed by atoms with Crippen molar-refractivity contribution in [2.45, 2.75) is 26.8 Å². The molecule has 1 heterocycles. The number of aryl methyl sites for hydroxylation is 2. The fourth-order valence-electron chi connectivity index (χ4n) is 2.01. The van der Waals surface area contributed by atoms with Crippen LogP contribution >= 0.6 is 15.9 Å². The first kappa shape index (κ1) is 14.7. The Morgan fingerprint density at radius 3 is 2.80 bits per heavy atom. The number of rotatable bonds is 4. The second-order valence-corrected chi connectivity index (χ2v) is 5.64. The van der Waals surface area contributed by atoms with Gasteiger partial charge in [0.1, 0.15) is 11.6 Å². The maximum Gasteiger partial charge on any atom is 0.251 e. The molecular weight excluding hydrogens is 320 g/mol. The molecule has 0 spiro atoms. The second kappa shape index (κ2) is 6.17. The molecule has 0 aliphatic heterocycles. The van der Waals surface area contributed by atoms with Crippen LogP contribution in [0.15, 0.2) is 28.7 Å². The number of carbonyl (C=O) groups excluding carboxylic acids is 1. The smallest absolute Gasteiger partial charge is 0.251 e. The Bertz CT molecular complexity index is 623. The van der Waals surface area contributed by atoms with Crippen LogP contribution in [0.5, 0.6) is 0 Å². The Balaban J connectivity index is 1.98. The highest BCUT2D eigenvalue weighted by atomic mass is 79.9. The van der Waals surface area contributed by atoms with Crippen LogP contribution in [0.3, 0.4) is 0 Å². The van der Waals surface area contributed by atoms with Crippen LogP contribution in [0.2, 0.25) is 0 Å². The number of nitrogens with one attached hydrogen (secondary N) is 1. The normalized spacial score (nSPS) is 12.2. The van der Waals surface area contributed by atoms with Gasteiger partial charge >= 0.3 is 0 Å². The van der Waals surface area contributed by atoms with Gasteiger partial charge in [-0.1, -0.05) is 22.0 Å². The molecule has 0 aliphatic rings. The van der Waals surface area contributed by atoms with Gasteiger partial charge in [-0.3, -0.25) is 4.79 Å². The molecule has 0 bridgehead atoms. The van der Waals surface area contributed by atoms with Crippen molar-refractivity contribution >= 4 is 21.8 Å². The summed E-state index contributed by atoms with van der Waals surface area (Å²) in [5, 5.41) is 7.23. The largest absolute Gasteiger partial charge is 0.350 e. The van der Waals surface area contributed by atoms with Crippen LogP contribution < -0.4 is 5.32 Å². The van der Waals surface area contributed by atoms with Gasteiger partial charge in [-0.2, -0.15) is 5.10 Å². The number of hydrogen-bond acceptors (Lipinski definition) is 3. The monoisotopic (exact) mass is 336 g/mol. The molecule has 2 aromatic rings. The lowest BCUT2D eigenvalue weighted by atomic mass is 10.2. The summed E-state index contributed by atoms with van der Waals surface area (Å²) < 4.78 is 2.72. The van der Waals surface area contributed by atoms with Crippen LogP contribution in [0.1, 0.15) is 35.0 Å². The van der Waals surface area contributed by atoms with E-state index in [2.05, 4.69) is 31.3 Å². The zero-order valence-corrected chi connectivity index (χ0v) is 13.3. The van der Waals surface area contributed by atoms with Crippen LogP contribution in [-0.4, -0.2) is 27.2 Å². The van der Waals surface area contributed by atoms with E-state index in [4.69, 9.17) is 0 Å². The van der Waals surface area contributed by atoms with Gasteiger partial charge in [0.25, 0.3) is 5.91 Å². The molecule has 0 saturated heterocycles. The summed E-state index contributed by atoms with van der Waals surface area (Å²) in [6, 6.07) is 7.38. The standard InChI is InChI=1S/C14H17BrN4O/c1-9(19-11(3)17-10(2)18-19)8-16-14(20)12-5-4-6-13(15)7-12/h4-7,9H,8H2,1-3H3,(H,16,20)/t9-/m1/s1. The van der Waals surface area contributed by atoms with E-state index in [1.54, 1.807) is 12.1 Å². The van der Waals surface area contributed by atoms with Gasteiger partial charge in [-0.25, -0.2) is 9.67 Å². The third-order valence-electron chi connectivity index (χ3n) is 2.97. The minimum absolute atomic E-state index is 0.0623.